The summed E-state index contributed by atoms with van der Waals surface area (Å²) in [6.07, 6.45) is 9.39. The van der Waals surface area contributed by atoms with Crippen LogP contribution in [0, 0.1) is 36.0 Å². The van der Waals surface area contributed by atoms with Crippen molar-refractivity contribution < 1.29 is 19.4 Å². The highest BCUT2D eigenvalue weighted by atomic mass is 16.5. The number of carboxylic acids is 1. The smallest absolute Gasteiger partial charge is 0.311 e. The van der Waals surface area contributed by atoms with Crippen molar-refractivity contribution in [2.24, 2.45) is 23.7 Å². The fourth-order valence-corrected chi connectivity index (χ4v) is 2.67. The van der Waals surface area contributed by atoms with Crippen LogP contribution in [-0.4, -0.2) is 18.5 Å². The molecule has 4 atom stereocenters. The average Bonchev–Trinajstić information content (AvgIpc) is 2.84. The Morgan fingerprint density at radius 3 is 2.56 bits per heavy atom. The van der Waals surface area contributed by atoms with Crippen LogP contribution in [0.2, 0.25) is 0 Å². The summed E-state index contributed by atoms with van der Waals surface area (Å²) in [5, 5.41) is 11.0. The number of terminal acetylenes is 1. The molecule has 2 aliphatic carbocycles. The van der Waals surface area contributed by atoms with Gasteiger partial charge in [0, 0.05) is 11.9 Å². The second-order valence-corrected chi connectivity index (χ2v) is 4.13. The fourth-order valence-electron chi connectivity index (χ4n) is 2.67. The minimum Gasteiger partial charge on any atom is -0.550 e. The molecule has 2 bridgehead atoms. The minimum atomic E-state index is -1.18. The van der Waals surface area contributed by atoms with Crippen molar-refractivity contribution in [1.29, 1.82) is 0 Å². The van der Waals surface area contributed by atoms with Gasteiger partial charge in [-0.2, -0.15) is 0 Å². The number of carbonyl (C=O) groups is 2. The zero-order chi connectivity index (χ0) is 11.7. The molecule has 0 heterocycles. The number of aliphatic carboxylic acids is 1. The highest BCUT2D eigenvalue weighted by molar-refractivity contribution is 5.82. The molecule has 2 rings (SSSR count). The van der Waals surface area contributed by atoms with E-state index in [2.05, 4.69) is 5.92 Å². The van der Waals surface area contributed by atoms with Gasteiger partial charge in [-0.3, -0.25) is 4.79 Å². The molecule has 84 valence electrons. The van der Waals surface area contributed by atoms with Crippen molar-refractivity contribution in [2.75, 3.05) is 6.61 Å². The van der Waals surface area contributed by atoms with Crippen LogP contribution in [-0.2, 0) is 14.3 Å². The molecule has 4 nitrogen and oxygen atoms in total. The lowest BCUT2D eigenvalue weighted by molar-refractivity contribution is -0.314. The Kier molecular flexibility index (Phi) is 2.69. The van der Waals surface area contributed by atoms with Gasteiger partial charge >= 0.3 is 5.97 Å². The molecule has 16 heavy (non-hydrogen) atoms. The van der Waals surface area contributed by atoms with Crippen molar-refractivity contribution in [3.63, 3.8) is 0 Å². The number of hydrogen-bond acceptors (Lipinski definition) is 4. The average molecular weight is 219 g/mol. The molecule has 0 unspecified atom stereocenters. The predicted octanol–water partition coefficient (Wildman–Crippen LogP) is -0.649. The van der Waals surface area contributed by atoms with Crippen molar-refractivity contribution in [2.45, 2.75) is 6.42 Å². The van der Waals surface area contributed by atoms with E-state index in [-0.39, 0.29) is 18.4 Å². The van der Waals surface area contributed by atoms with E-state index in [0.717, 1.165) is 0 Å². The summed E-state index contributed by atoms with van der Waals surface area (Å²) in [7, 11) is 0. The van der Waals surface area contributed by atoms with E-state index < -0.39 is 23.8 Å². The minimum absolute atomic E-state index is 0.0434. The topological polar surface area (TPSA) is 66.4 Å². The zero-order valence-electron chi connectivity index (χ0n) is 8.59. The number of allylic oxidation sites excluding steroid dienone is 2. The van der Waals surface area contributed by atoms with Crippen LogP contribution >= 0.6 is 0 Å². The van der Waals surface area contributed by atoms with E-state index in [4.69, 9.17) is 11.2 Å². The molecule has 2 aliphatic rings. The van der Waals surface area contributed by atoms with Gasteiger partial charge in [0.25, 0.3) is 0 Å². The van der Waals surface area contributed by atoms with E-state index >= 15 is 0 Å². The number of carbonyl (C=O) groups excluding carboxylic acids is 2. The quantitative estimate of drug-likeness (QED) is 0.359. The Bertz CT molecular complexity index is 390. The number of ether oxygens (including phenoxy) is 1. The molecule has 1 fully saturated rings. The monoisotopic (exact) mass is 219 g/mol. The fraction of sp³-hybridized carbons (Fsp3) is 0.500. The Morgan fingerprint density at radius 2 is 2.00 bits per heavy atom. The largest absolute Gasteiger partial charge is 0.550 e. The highest BCUT2D eigenvalue weighted by Crippen LogP contribution is 2.48. The Hall–Kier alpha value is -1.76. The van der Waals surface area contributed by atoms with Gasteiger partial charge in [-0.05, 0) is 18.3 Å². The lowest BCUT2D eigenvalue weighted by atomic mass is 9.83. The predicted molar refractivity (Wildman–Crippen MR) is 52.5 cm³/mol. The Labute approximate surface area is 93.3 Å². The number of carboxylic acid groups (broad SMARTS) is 1. The van der Waals surface area contributed by atoms with Gasteiger partial charge in [0.1, 0.15) is 0 Å². The lowest BCUT2D eigenvalue weighted by Crippen LogP contribution is -2.41. The standard InChI is InChI=1S/C12H12O4/c1-2-5-16-12(15)10-8-4-3-7(6-8)9(10)11(13)14/h1,3-4,7-10H,5-6H2,(H,13,14)/p-1/t7-,8-,9+,10+/m0/s1. The molecule has 0 aromatic heterocycles. The van der Waals surface area contributed by atoms with Crippen molar-refractivity contribution in [3.05, 3.63) is 12.2 Å². The van der Waals surface area contributed by atoms with E-state index in [1.807, 2.05) is 12.2 Å². The van der Waals surface area contributed by atoms with Crippen LogP contribution in [0.25, 0.3) is 0 Å². The summed E-state index contributed by atoms with van der Waals surface area (Å²) in [5.41, 5.74) is 0. The third-order valence-corrected chi connectivity index (χ3v) is 3.30. The summed E-state index contributed by atoms with van der Waals surface area (Å²) in [5.74, 6) is -1.06. The van der Waals surface area contributed by atoms with Crippen LogP contribution < -0.4 is 5.11 Å². The maximum absolute atomic E-state index is 11.7. The summed E-state index contributed by atoms with van der Waals surface area (Å²) >= 11 is 0. The van der Waals surface area contributed by atoms with Crippen molar-refractivity contribution in [3.8, 4) is 12.3 Å². The summed E-state index contributed by atoms with van der Waals surface area (Å²) < 4.78 is 4.81. The third-order valence-electron chi connectivity index (χ3n) is 3.30. The molecule has 1 saturated carbocycles. The zero-order valence-corrected chi connectivity index (χ0v) is 8.59. The summed E-state index contributed by atoms with van der Waals surface area (Å²) in [4.78, 5) is 22.7. The van der Waals surface area contributed by atoms with Gasteiger partial charge in [0.05, 0.1) is 5.92 Å². The first-order chi connectivity index (χ1) is 7.65. The first kappa shape index (κ1) is 10.7. The van der Waals surface area contributed by atoms with E-state index in [0.29, 0.717) is 6.42 Å². The van der Waals surface area contributed by atoms with Gasteiger partial charge in [-0.1, -0.05) is 18.1 Å². The van der Waals surface area contributed by atoms with Crippen molar-refractivity contribution in [1.82, 2.24) is 0 Å². The van der Waals surface area contributed by atoms with E-state index in [1.165, 1.54) is 0 Å². The number of hydrogen-bond donors (Lipinski definition) is 0. The SMILES string of the molecule is C#CCOC(=O)[C@H]1[C@H](C(=O)[O-])[C@H]2C=C[C@H]1C2. The molecule has 0 N–H and O–H groups in total. The highest BCUT2D eigenvalue weighted by Gasteiger charge is 2.49. The molecular weight excluding hydrogens is 208 g/mol. The molecule has 0 aliphatic heterocycles. The Balaban J connectivity index is 2.14. The number of fused-ring (bicyclic) bond motifs is 2. The molecule has 0 spiro atoms. The second-order valence-electron chi connectivity index (χ2n) is 4.13. The summed E-state index contributed by atoms with van der Waals surface area (Å²) in [6.45, 7) is -0.115. The first-order valence-corrected chi connectivity index (χ1v) is 5.14. The van der Waals surface area contributed by atoms with Crippen LogP contribution in [0.1, 0.15) is 6.42 Å². The third kappa shape index (κ3) is 1.58. The number of rotatable bonds is 3. The van der Waals surface area contributed by atoms with Gasteiger partial charge < -0.3 is 14.6 Å². The lowest BCUT2D eigenvalue weighted by Gasteiger charge is -2.26. The summed E-state index contributed by atoms with van der Waals surface area (Å²) in [6, 6.07) is 0. The van der Waals surface area contributed by atoms with Gasteiger partial charge in [-0.25, -0.2) is 0 Å². The van der Waals surface area contributed by atoms with Crippen LogP contribution in [0.4, 0.5) is 0 Å². The van der Waals surface area contributed by atoms with E-state index in [9.17, 15) is 14.7 Å². The Morgan fingerprint density at radius 1 is 1.38 bits per heavy atom. The van der Waals surface area contributed by atoms with E-state index in [1.54, 1.807) is 0 Å². The van der Waals surface area contributed by atoms with Gasteiger partial charge in [-0.15, -0.1) is 6.42 Å². The van der Waals surface area contributed by atoms with Gasteiger partial charge in [0.2, 0.25) is 0 Å². The molecule has 0 aromatic carbocycles. The maximum atomic E-state index is 11.7. The molecule has 0 aromatic rings. The van der Waals surface area contributed by atoms with Gasteiger partial charge in [0.15, 0.2) is 6.61 Å². The molecule has 0 radical (unpaired) electrons. The molecule has 0 saturated heterocycles. The van der Waals surface area contributed by atoms with Crippen LogP contribution in [0.5, 0.6) is 0 Å². The van der Waals surface area contributed by atoms with Crippen LogP contribution in [0.15, 0.2) is 12.2 Å². The molecule has 0 amide bonds. The molecule has 4 heteroatoms. The number of esters is 1. The molecular formula is C12H11O4-. The van der Waals surface area contributed by atoms with Crippen LogP contribution in [0.3, 0.4) is 0 Å². The second kappa shape index (κ2) is 4.01. The maximum Gasteiger partial charge on any atom is 0.311 e. The normalized spacial score (nSPS) is 34.7. The first-order valence-electron chi connectivity index (χ1n) is 5.14. The van der Waals surface area contributed by atoms with Crippen molar-refractivity contribution >= 4 is 11.9 Å².